The first-order valence-electron chi connectivity index (χ1n) is 6.95. The van der Waals surface area contributed by atoms with Crippen LogP contribution in [0.2, 0.25) is 5.02 Å². The Morgan fingerprint density at radius 2 is 2.04 bits per heavy atom. The quantitative estimate of drug-likeness (QED) is 0.496. The molecular formula is C16H12ClFN2O5. The molecule has 25 heavy (non-hydrogen) atoms. The van der Waals surface area contributed by atoms with Crippen molar-refractivity contribution in [1.82, 2.24) is 0 Å². The first kappa shape index (κ1) is 18.3. The van der Waals surface area contributed by atoms with Gasteiger partial charge in [0.05, 0.1) is 21.7 Å². The minimum atomic E-state index is -1.03. The Morgan fingerprint density at radius 1 is 1.32 bits per heavy atom. The number of nitrogens with one attached hydrogen (secondary N) is 1. The maximum absolute atomic E-state index is 13.6. The Bertz CT molecular complexity index is 856. The number of benzene rings is 2. The fourth-order valence-corrected chi connectivity index (χ4v) is 2.17. The molecule has 0 spiro atoms. The molecular weight excluding hydrogens is 355 g/mol. The van der Waals surface area contributed by atoms with Gasteiger partial charge in [-0.25, -0.2) is 9.18 Å². The highest BCUT2D eigenvalue weighted by molar-refractivity contribution is 6.30. The Labute approximate surface area is 146 Å². The fourth-order valence-electron chi connectivity index (χ4n) is 2.01. The maximum atomic E-state index is 13.6. The zero-order chi connectivity index (χ0) is 18.6. The molecule has 2 aromatic rings. The van der Waals surface area contributed by atoms with Crippen molar-refractivity contribution in [2.45, 2.75) is 6.92 Å². The summed E-state index contributed by atoms with van der Waals surface area (Å²) in [5.41, 5.74) is -0.0365. The summed E-state index contributed by atoms with van der Waals surface area (Å²) >= 11 is 5.59. The van der Waals surface area contributed by atoms with E-state index in [2.05, 4.69) is 5.32 Å². The number of hydrogen-bond acceptors (Lipinski definition) is 5. The molecule has 0 atom stereocenters. The molecule has 0 aliphatic rings. The van der Waals surface area contributed by atoms with Gasteiger partial charge in [-0.15, -0.1) is 0 Å². The molecule has 0 saturated carbocycles. The Kier molecular flexibility index (Phi) is 5.66. The summed E-state index contributed by atoms with van der Waals surface area (Å²) in [5, 5.41) is 13.4. The highest BCUT2D eigenvalue weighted by Gasteiger charge is 2.17. The lowest BCUT2D eigenvalue weighted by Crippen LogP contribution is -2.21. The van der Waals surface area contributed by atoms with Crippen LogP contribution in [0.3, 0.4) is 0 Å². The van der Waals surface area contributed by atoms with E-state index < -0.39 is 29.2 Å². The standard InChI is InChI=1S/C16H12ClFN2O5/c1-9-13(3-2-4-14(9)20(23)24)19-15(21)8-25-16(22)11-6-5-10(17)7-12(11)18/h2-7H,8H2,1H3,(H,19,21). The predicted molar refractivity (Wildman–Crippen MR) is 88.2 cm³/mol. The zero-order valence-corrected chi connectivity index (χ0v) is 13.7. The monoisotopic (exact) mass is 366 g/mol. The van der Waals surface area contributed by atoms with Gasteiger partial charge in [-0.3, -0.25) is 14.9 Å². The summed E-state index contributed by atoms with van der Waals surface area (Å²) in [6.07, 6.45) is 0. The lowest BCUT2D eigenvalue weighted by molar-refractivity contribution is -0.385. The van der Waals surface area contributed by atoms with Crippen LogP contribution < -0.4 is 5.32 Å². The lowest BCUT2D eigenvalue weighted by Gasteiger charge is -2.09. The van der Waals surface area contributed by atoms with Crippen LogP contribution in [0.25, 0.3) is 0 Å². The van der Waals surface area contributed by atoms with Crippen LogP contribution in [0.15, 0.2) is 36.4 Å². The van der Waals surface area contributed by atoms with Crippen molar-refractivity contribution in [3.63, 3.8) is 0 Å². The van der Waals surface area contributed by atoms with Crippen LogP contribution in [-0.4, -0.2) is 23.4 Å². The molecule has 0 radical (unpaired) electrons. The van der Waals surface area contributed by atoms with E-state index in [4.69, 9.17) is 16.3 Å². The van der Waals surface area contributed by atoms with Crippen LogP contribution in [0.5, 0.6) is 0 Å². The third kappa shape index (κ3) is 4.51. The molecule has 0 unspecified atom stereocenters. The number of amides is 1. The molecule has 1 amide bonds. The number of ether oxygens (including phenoxy) is 1. The van der Waals surface area contributed by atoms with Crippen molar-refractivity contribution >= 4 is 34.9 Å². The van der Waals surface area contributed by atoms with E-state index in [1.165, 1.54) is 31.2 Å². The summed E-state index contributed by atoms with van der Waals surface area (Å²) in [5.74, 6) is -2.61. The topological polar surface area (TPSA) is 98.5 Å². The van der Waals surface area contributed by atoms with Crippen LogP contribution in [-0.2, 0) is 9.53 Å². The number of esters is 1. The Hall–Kier alpha value is -3.00. The van der Waals surface area contributed by atoms with Gasteiger partial charge in [0.25, 0.3) is 11.6 Å². The second-order valence-corrected chi connectivity index (χ2v) is 5.39. The lowest BCUT2D eigenvalue weighted by atomic mass is 10.1. The predicted octanol–water partition coefficient (Wildman–Crippen LogP) is 3.49. The minimum Gasteiger partial charge on any atom is -0.452 e. The van der Waals surface area contributed by atoms with Crippen LogP contribution >= 0.6 is 11.6 Å². The van der Waals surface area contributed by atoms with Gasteiger partial charge in [-0.2, -0.15) is 0 Å². The second kappa shape index (κ2) is 7.71. The number of nitro benzene ring substituents is 1. The molecule has 0 bridgehead atoms. The Balaban J connectivity index is 2.00. The molecule has 130 valence electrons. The smallest absolute Gasteiger partial charge is 0.341 e. The third-order valence-corrected chi connectivity index (χ3v) is 3.50. The molecule has 9 heteroatoms. The average molecular weight is 367 g/mol. The SMILES string of the molecule is Cc1c(NC(=O)COC(=O)c2ccc(Cl)cc2F)cccc1[N+](=O)[O-]. The molecule has 0 aliphatic heterocycles. The molecule has 2 aromatic carbocycles. The minimum absolute atomic E-state index is 0.118. The number of halogens is 2. The van der Waals surface area contributed by atoms with E-state index in [1.54, 1.807) is 0 Å². The van der Waals surface area contributed by atoms with E-state index in [0.29, 0.717) is 0 Å². The van der Waals surface area contributed by atoms with E-state index in [9.17, 15) is 24.1 Å². The molecule has 2 rings (SSSR count). The summed E-state index contributed by atoms with van der Waals surface area (Å²) in [7, 11) is 0. The molecule has 0 saturated heterocycles. The van der Waals surface area contributed by atoms with Crippen molar-refractivity contribution in [3.05, 3.63) is 68.5 Å². The number of hydrogen-bond donors (Lipinski definition) is 1. The molecule has 1 N–H and O–H groups in total. The molecule has 0 aliphatic carbocycles. The van der Waals surface area contributed by atoms with E-state index in [0.717, 1.165) is 12.1 Å². The van der Waals surface area contributed by atoms with Crippen molar-refractivity contribution in [3.8, 4) is 0 Å². The van der Waals surface area contributed by atoms with Gasteiger partial charge in [0, 0.05) is 11.1 Å². The number of rotatable bonds is 5. The van der Waals surface area contributed by atoms with Gasteiger partial charge in [0.15, 0.2) is 6.61 Å². The van der Waals surface area contributed by atoms with Gasteiger partial charge >= 0.3 is 5.97 Å². The third-order valence-electron chi connectivity index (χ3n) is 3.26. The molecule has 0 heterocycles. The number of carbonyl (C=O) groups excluding carboxylic acids is 2. The van der Waals surface area contributed by atoms with E-state index >= 15 is 0 Å². The van der Waals surface area contributed by atoms with Crippen molar-refractivity contribution in [1.29, 1.82) is 0 Å². The molecule has 0 aromatic heterocycles. The maximum Gasteiger partial charge on any atom is 0.341 e. The normalized spacial score (nSPS) is 10.2. The largest absolute Gasteiger partial charge is 0.452 e. The summed E-state index contributed by atoms with van der Waals surface area (Å²) in [6, 6.07) is 7.59. The van der Waals surface area contributed by atoms with Gasteiger partial charge in [-0.05, 0) is 31.2 Å². The van der Waals surface area contributed by atoms with E-state index in [1.807, 2.05) is 0 Å². The number of nitrogens with zero attached hydrogens (tertiary/aromatic N) is 1. The molecule has 0 fully saturated rings. The Morgan fingerprint density at radius 3 is 2.68 bits per heavy atom. The molecule has 7 nitrogen and oxygen atoms in total. The number of nitro groups is 1. The zero-order valence-electron chi connectivity index (χ0n) is 12.9. The summed E-state index contributed by atoms with van der Waals surface area (Å²) in [4.78, 5) is 33.9. The number of anilines is 1. The highest BCUT2D eigenvalue weighted by Crippen LogP contribution is 2.25. The van der Waals surface area contributed by atoms with Crippen molar-refractivity contribution < 1.29 is 23.6 Å². The van der Waals surface area contributed by atoms with Crippen LogP contribution in [0, 0.1) is 22.9 Å². The van der Waals surface area contributed by atoms with Crippen molar-refractivity contribution in [2.75, 3.05) is 11.9 Å². The van der Waals surface area contributed by atoms with Gasteiger partial charge in [-0.1, -0.05) is 17.7 Å². The van der Waals surface area contributed by atoms with Crippen molar-refractivity contribution in [2.24, 2.45) is 0 Å². The van der Waals surface area contributed by atoms with E-state index in [-0.39, 0.29) is 27.5 Å². The summed E-state index contributed by atoms with van der Waals surface area (Å²) in [6.45, 7) is 0.797. The van der Waals surface area contributed by atoms with Crippen LogP contribution in [0.1, 0.15) is 15.9 Å². The van der Waals surface area contributed by atoms with Gasteiger partial charge < -0.3 is 10.1 Å². The average Bonchev–Trinajstić information content (AvgIpc) is 2.54. The van der Waals surface area contributed by atoms with Gasteiger partial charge in [0.1, 0.15) is 5.82 Å². The first-order valence-corrected chi connectivity index (χ1v) is 7.33. The van der Waals surface area contributed by atoms with Gasteiger partial charge in [0.2, 0.25) is 0 Å². The number of carbonyl (C=O) groups is 2. The summed E-state index contributed by atoms with van der Waals surface area (Å²) < 4.78 is 18.3. The highest BCUT2D eigenvalue weighted by atomic mass is 35.5. The second-order valence-electron chi connectivity index (χ2n) is 4.96. The van der Waals surface area contributed by atoms with Crippen LogP contribution in [0.4, 0.5) is 15.8 Å². The first-order chi connectivity index (χ1) is 11.8. The fraction of sp³-hybridized carbons (Fsp3) is 0.125.